The monoisotopic (exact) mass is 701 g/mol. The maximum atomic E-state index is 14.6. The SMILES string of the molecule is CN1CC(C(=O)N[C@]2(C)O[C@@]3(O)C4CCCN4C(=O)[C@H](Cc4ccccc4)N3C2=O)C[C@@H]2c3cccc4c3c(cn4C(F)(F)C(F)(F)F)CC21. The number of alkyl halides is 5. The predicted octanol–water partition coefficient (Wildman–Crippen LogP) is 3.67. The van der Waals surface area contributed by atoms with Crippen molar-refractivity contribution in [3.8, 4) is 0 Å². The van der Waals surface area contributed by atoms with Gasteiger partial charge in [0.25, 0.3) is 11.8 Å². The summed E-state index contributed by atoms with van der Waals surface area (Å²) in [7, 11) is 1.76. The van der Waals surface area contributed by atoms with Crippen LogP contribution in [0.4, 0.5) is 22.0 Å². The van der Waals surface area contributed by atoms with E-state index < -0.39 is 53.7 Å². The molecule has 7 atom stereocenters. The van der Waals surface area contributed by atoms with E-state index in [0.717, 1.165) is 16.7 Å². The molecule has 2 aromatic carbocycles. The van der Waals surface area contributed by atoms with Crippen molar-refractivity contribution in [1.82, 2.24) is 24.6 Å². The number of fused-ring (bicyclic) bond motifs is 5. The van der Waals surface area contributed by atoms with Crippen LogP contribution < -0.4 is 5.32 Å². The van der Waals surface area contributed by atoms with E-state index in [1.807, 2.05) is 35.2 Å². The highest BCUT2D eigenvalue weighted by atomic mass is 19.4. The van der Waals surface area contributed by atoms with Crippen LogP contribution in [0.1, 0.15) is 48.8 Å². The first kappa shape index (κ1) is 33.1. The number of benzene rings is 2. The van der Waals surface area contributed by atoms with Gasteiger partial charge in [-0.05, 0) is 62.4 Å². The number of nitrogens with zero attached hydrogens (tertiary/aromatic N) is 4. The van der Waals surface area contributed by atoms with E-state index in [2.05, 4.69) is 5.32 Å². The Morgan fingerprint density at radius 1 is 1.08 bits per heavy atom. The Bertz CT molecular complexity index is 1900. The number of carbonyl (C=O) groups excluding carboxylic acids is 3. The number of hydrogen-bond acceptors (Lipinski definition) is 6. The van der Waals surface area contributed by atoms with Crippen molar-refractivity contribution in [3.05, 3.63) is 71.4 Å². The second-order valence-electron chi connectivity index (χ2n) is 14.4. The third-order valence-electron chi connectivity index (χ3n) is 11.4. The summed E-state index contributed by atoms with van der Waals surface area (Å²) >= 11 is 0. The molecule has 8 rings (SSSR count). The summed E-state index contributed by atoms with van der Waals surface area (Å²) in [6.45, 7) is 1.97. The molecule has 4 fully saturated rings. The van der Waals surface area contributed by atoms with Gasteiger partial charge in [-0.15, -0.1) is 0 Å². The zero-order chi connectivity index (χ0) is 35.5. The molecule has 1 aliphatic carbocycles. The highest BCUT2D eigenvalue weighted by molar-refractivity contribution is 5.97. The predicted molar refractivity (Wildman–Crippen MR) is 167 cm³/mol. The number of nitrogens with one attached hydrogen (secondary N) is 1. The summed E-state index contributed by atoms with van der Waals surface area (Å²) < 4.78 is 75.7. The summed E-state index contributed by atoms with van der Waals surface area (Å²) in [4.78, 5) is 46.6. The number of carbonyl (C=O) groups is 3. The molecule has 3 unspecified atom stereocenters. The smallest absolute Gasteiger partial charge is 0.347 e. The first-order valence-electron chi connectivity index (χ1n) is 16.8. The lowest BCUT2D eigenvalue weighted by Crippen LogP contribution is -2.71. The number of hydrogen-bond donors (Lipinski definition) is 2. The Labute approximate surface area is 283 Å². The van der Waals surface area contributed by atoms with Crippen LogP contribution in [0.3, 0.4) is 0 Å². The van der Waals surface area contributed by atoms with Crippen molar-refractivity contribution in [3.63, 3.8) is 0 Å². The van der Waals surface area contributed by atoms with Crippen molar-refractivity contribution in [2.45, 2.75) is 86.9 Å². The topological polar surface area (TPSA) is 107 Å². The number of halogens is 5. The Balaban J connectivity index is 1.08. The summed E-state index contributed by atoms with van der Waals surface area (Å²) in [6.07, 6.45) is -3.35. The third kappa shape index (κ3) is 4.65. The van der Waals surface area contributed by atoms with E-state index in [1.54, 1.807) is 18.0 Å². The number of amides is 3. The molecule has 50 heavy (non-hydrogen) atoms. The average Bonchev–Trinajstić information content (AvgIpc) is 3.76. The fourth-order valence-electron chi connectivity index (χ4n) is 9.12. The Morgan fingerprint density at radius 3 is 2.54 bits per heavy atom. The maximum absolute atomic E-state index is 14.6. The molecule has 0 bridgehead atoms. The highest BCUT2D eigenvalue weighted by Gasteiger charge is 2.70. The first-order valence-corrected chi connectivity index (χ1v) is 16.8. The zero-order valence-electron chi connectivity index (χ0n) is 27.3. The number of likely N-dealkylation sites (tertiary alicyclic amines) is 1. The molecule has 4 saturated heterocycles. The number of aliphatic hydroxyl groups is 1. The van der Waals surface area contributed by atoms with Gasteiger partial charge in [0, 0.05) is 43.1 Å². The van der Waals surface area contributed by atoms with Crippen LogP contribution in [0.5, 0.6) is 0 Å². The minimum atomic E-state index is -5.80. The van der Waals surface area contributed by atoms with Crippen molar-refractivity contribution >= 4 is 28.6 Å². The van der Waals surface area contributed by atoms with Gasteiger partial charge < -0.3 is 20.2 Å². The van der Waals surface area contributed by atoms with E-state index in [1.165, 1.54) is 19.1 Å². The van der Waals surface area contributed by atoms with Crippen molar-refractivity contribution in [2.75, 3.05) is 20.1 Å². The second-order valence-corrected chi connectivity index (χ2v) is 14.4. The molecule has 1 aromatic heterocycles. The third-order valence-corrected chi connectivity index (χ3v) is 11.4. The Morgan fingerprint density at radius 2 is 1.82 bits per heavy atom. The molecule has 0 spiro atoms. The van der Waals surface area contributed by atoms with Crippen molar-refractivity contribution in [1.29, 1.82) is 0 Å². The number of likely N-dealkylation sites (N-methyl/N-ethyl adjacent to an activating group) is 1. The highest BCUT2D eigenvalue weighted by Crippen LogP contribution is 2.50. The molecule has 266 valence electrons. The quantitative estimate of drug-likeness (QED) is 0.394. The van der Waals surface area contributed by atoms with Gasteiger partial charge in [0.05, 0.1) is 11.4 Å². The first-order chi connectivity index (χ1) is 23.5. The molecule has 4 aliphatic heterocycles. The van der Waals surface area contributed by atoms with E-state index in [0.29, 0.717) is 35.9 Å². The fraction of sp³-hybridized carbons (Fsp3) is 0.514. The lowest BCUT2D eigenvalue weighted by atomic mass is 9.72. The minimum Gasteiger partial charge on any atom is -0.347 e. The zero-order valence-corrected chi connectivity index (χ0v) is 27.3. The Hall–Kier alpha value is -4.08. The van der Waals surface area contributed by atoms with Crippen molar-refractivity contribution in [2.24, 2.45) is 5.92 Å². The van der Waals surface area contributed by atoms with Crippen LogP contribution in [0, 0.1) is 5.92 Å². The number of aromatic nitrogens is 1. The van der Waals surface area contributed by atoms with E-state index in [-0.39, 0.29) is 53.8 Å². The lowest BCUT2D eigenvalue weighted by Gasteiger charge is -2.48. The standard InChI is InChI=1S/C35H36F5N5O5/c1-32(31(48)45-26(14-19-8-4-3-5-9-19)30(47)43-13-7-12-27(43)33(45,49)50-32)41-29(46)21-15-23-22-10-6-11-24-28(22)20(16-25(23)42(2)17-21)18-44(24)35(39,40)34(36,37)38/h3-6,8-11,18,21,23,25-27,49H,7,12-17H2,1-2H3,(H,41,46)/t21?,23-,25?,26+,27?,32-,33+/m1/s1. The molecular formula is C35H36F5N5O5. The van der Waals surface area contributed by atoms with Gasteiger partial charge in [-0.2, -0.15) is 22.0 Å². The number of piperazine rings is 1. The van der Waals surface area contributed by atoms with Gasteiger partial charge in [-0.1, -0.05) is 42.5 Å². The summed E-state index contributed by atoms with van der Waals surface area (Å²) in [5.74, 6) is -4.92. The van der Waals surface area contributed by atoms with E-state index in [4.69, 9.17) is 4.74 Å². The summed E-state index contributed by atoms with van der Waals surface area (Å²) in [5.41, 5.74) is -0.535. The van der Waals surface area contributed by atoms with Crippen LogP contribution in [0.15, 0.2) is 54.7 Å². The fourth-order valence-corrected chi connectivity index (χ4v) is 9.12. The molecule has 10 nitrogen and oxygen atoms in total. The van der Waals surface area contributed by atoms with Gasteiger partial charge in [-0.3, -0.25) is 28.6 Å². The van der Waals surface area contributed by atoms with E-state index in [9.17, 15) is 41.4 Å². The molecular weight excluding hydrogens is 665 g/mol. The molecule has 0 saturated carbocycles. The largest absolute Gasteiger partial charge is 0.475 e. The average molecular weight is 702 g/mol. The Kier molecular flexibility index (Phi) is 7.25. The van der Waals surface area contributed by atoms with Gasteiger partial charge in [-0.25, -0.2) is 0 Å². The van der Waals surface area contributed by atoms with Gasteiger partial charge >= 0.3 is 12.2 Å². The van der Waals surface area contributed by atoms with Crippen molar-refractivity contribution < 1.29 is 46.2 Å². The van der Waals surface area contributed by atoms with Crippen LogP contribution in [0.2, 0.25) is 0 Å². The number of rotatable bonds is 5. The second kappa shape index (κ2) is 11.0. The minimum absolute atomic E-state index is 0.00660. The molecule has 15 heteroatoms. The molecule has 0 radical (unpaired) electrons. The molecule has 2 N–H and O–H groups in total. The van der Waals surface area contributed by atoms with Crippen LogP contribution in [-0.4, -0.2) is 98.2 Å². The number of piperidine rings is 1. The summed E-state index contributed by atoms with van der Waals surface area (Å²) in [6, 6.07) is 6.19. The lowest BCUT2D eigenvalue weighted by molar-refractivity contribution is -0.322. The molecule has 3 amide bonds. The van der Waals surface area contributed by atoms with Gasteiger partial charge in [0.15, 0.2) is 0 Å². The van der Waals surface area contributed by atoms with Crippen LogP contribution in [-0.2, 0) is 38.0 Å². The molecule has 5 heterocycles. The van der Waals surface area contributed by atoms with Crippen LogP contribution >= 0.6 is 0 Å². The summed E-state index contributed by atoms with van der Waals surface area (Å²) in [5, 5.41) is 15.1. The molecule has 3 aromatic rings. The maximum Gasteiger partial charge on any atom is 0.475 e. The van der Waals surface area contributed by atoms with Crippen LogP contribution in [0.25, 0.3) is 10.9 Å². The normalized spacial score (nSPS) is 32.7. The van der Waals surface area contributed by atoms with Gasteiger partial charge in [0.2, 0.25) is 17.5 Å². The molecule has 5 aliphatic rings. The number of ether oxygens (including phenoxy) is 1. The van der Waals surface area contributed by atoms with E-state index >= 15 is 0 Å². The van der Waals surface area contributed by atoms with Gasteiger partial charge in [0.1, 0.15) is 12.1 Å².